The minimum Gasteiger partial charge on any atom is -0.478 e. The van der Waals surface area contributed by atoms with E-state index in [2.05, 4.69) is 0 Å². The van der Waals surface area contributed by atoms with Crippen LogP contribution in [0.15, 0.2) is 42.5 Å². The summed E-state index contributed by atoms with van der Waals surface area (Å²) < 4.78 is 0. The van der Waals surface area contributed by atoms with Crippen molar-refractivity contribution in [3.05, 3.63) is 59.2 Å². The van der Waals surface area contributed by atoms with Crippen molar-refractivity contribution < 1.29 is 14.7 Å². The van der Waals surface area contributed by atoms with E-state index in [1.165, 1.54) is 11.0 Å². The van der Waals surface area contributed by atoms with Gasteiger partial charge in [0.2, 0.25) is 0 Å². The van der Waals surface area contributed by atoms with Gasteiger partial charge in [-0.2, -0.15) is 0 Å². The van der Waals surface area contributed by atoms with E-state index in [0.717, 1.165) is 5.56 Å². The van der Waals surface area contributed by atoms with E-state index in [1.807, 2.05) is 12.1 Å². The van der Waals surface area contributed by atoms with Gasteiger partial charge in [-0.25, -0.2) is 4.79 Å². The smallest absolute Gasteiger partial charge is 0.337 e. The van der Waals surface area contributed by atoms with Crippen LogP contribution < -0.4 is 10.6 Å². The molecule has 5 nitrogen and oxygen atoms in total. The molecule has 0 bridgehead atoms. The normalized spacial score (nSPS) is 13.9. The zero-order valence-electron chi connectivity index (χ0n) is 11.2. The Bertz CT molecular complexity index is 740. The number of rotatable bonds is 2. The van der Waals surface area contributed by atoms with Gasteiger partial charge in [-0.1, -0.05) is 18.2 Å². The van der Waals surface area contributed by atoms with Crippen LogP contribution in [0.5, 0.6) is 0 Å². The molecular formula is C16H14N2O3. The molecule has 0 unspecified atom stereocenters. The van der Waals surface area contributed by atoms with Crippen molar-refractivity contribution in [2.45, 2.75) is 6.42 Å². The van der Waals surface area contributed by atoms with Crippen molar-refractivity contribution in [3.63, 3.8) is 0 Å². The summed E-state index contributed by atoms with van der Waals surface area (Å²) >= 11 is 0. The van der Waals surface area contributed by atoms with Gasteiger partial charge in [0.1, 0.15) is 0 Å². The third-order valence-corrected chi connectivity index (χ3v) is 3.64. The minimum atomic E-state index is -1.09. The van der Waals surface area contributed by atoms with Crippen LogP contribution >= 0.6 is 0 Å². The largest absolute Gasteiger partial charge is 0.478 e. The molecule has 1 aliphatic rings. The Morgan fingerprint density at radius 3 is 2.71 bits per heavy atom. The summed E-state index contributed by atoms with van der Waals surface area (Å²) in [6, 6.07) is 12.0. The minimum absolute atomic E-state index is 0.0442. The molecule has 1 amide bonds. The highest BCUT2D eigenvalue weighted by molar-refractivity contribution is 6.11. The maximum absolute atomic E-state index is 12.6. The fourth-order valence-electron chi connectivity index (χ4n) is 2.62. The lowest BCUT2D eigenvalue weighted by atomic mass is 9.98. The number of carbonyl (C=O) groups is 2. The van der Waals surface area contributed by atoms with Gasteiger partial charge < -0.3 is 15.7 Å². The molecule has 0 radical (unpaired) electrons. The van der Waals surface area contributed by atoms with E-state index in [4.69, 9.17) is 5.73 Å². The Balaban J connectivity index is 2.07. The summed E-state index contributed by atoms with van der Waals surface area (Å²) in [5.41, 5.74) is 8.04. The number of anilines is 2. The number of hydrogen-bond acceptors (Lipinski definition) is 3. The summed E-state index contributed by atoms with van der Waals surface area (Å²) in [7, 11) is 0. The van der Waals surface area contributed by atoms with Gasteiger partial charge in [-0.05, 0) is 36.2 Å². The third kappa shape index (κ3) is 2.23. The number of carboxylic acid groups (broad SMARTS) is 1. The molecule has 0 saturated carbocycles. The molecule has 106 valence electrons. The lowest BCUT2D eigenvalue weighted by Gasteiger charge is -2.29. The molecule has 21 heavy (non-hydrogen) atoms. The average molecular weight is 282 g/mol. The lowest BCUT2D eigenvalue weighted by Crippen LogP contribution is -2.38. The molecule has 0 aromatic heterocycles. The second-order valence-corrected chi connectivity index (χ2v) is 4.95. The summed E-state index contributed by atoms with van der Waals surface area (Å²) in [5, 5.41) is 9.31. The van der Waals surface area contributed by atoms with Crippen LogP contribution in [0.2, 0.25) is 0 Å². The fraction of sp³-hybridized carbons (Fsp3) is 0.125. The first-order chi connectivity index (χ1) is 10.1. The van der Waals surface area contributed by atoms with E-state index >= 15 is 0 Å². The van der Waals surface area contributed by atoms with E-state index in [0.29, 0.717) is 29.9 Å². The Morgan fingerprint density at radius 2 is 1.95 bits per heavy atom. The van der Waals surface area contributed by atoms with Crippen LogP contribution in [0.3, 0.4) is 0 Å². The lowest BCUT2D eigenvalue weighted by molar-refractivity contribution is 0.0697. The Morgan fingerprint density at radius 1 is 1.19 bits per heavy atom. The number of benzene rings is 2. The molecule has 3 N–H and O–H groups in total. The van der Waals surface area contributed by atoms with Crippen LogP contribution in [-0.4, -0.2) is 23.5 Å². The standard InChI is InChI=1S/C16H14N2O3/c17-11-5-6-14(13(9-11)16(20)21)18-8-7-10-3-1-2-4-12(10)15(18)19/h1-6,9H,7-8,17H2,(H,20,21). The fourth-order valence-corrected chi connectivity index (χ4v) is 2.62. The molecule has 0 saturated heterocycles. The molecule has 2 aromatic carbocycles. The molecule has 0 spiro atoms. The highest BCUT2D eigenvalue weighted by atomic mass is 16.4. The second-order valence-electron chi connectivity index (χ2n) is 4.95. The molecule has 0 aliphatic carbocycles. The Labute approximate surface area is 121 Å². The highest BCUT2D eigenvalue weighted by Gasteiger charge is 2.27. The van der Waals surface area contributed by atoms with Crippen LogP contribution in [0.4, 0.5) is 11.4 Å². The summed E-state index contributed by atoms with van der Waals surface area (Å²) in [5.74, 6) is -1.27. The molecule has 2 aromatic rings. The van der Waals surface area contributed by atoms with E-state index < -0.39 is 5.97 Å². The van der Waals surface area contributed by atoms with Gasteiger partial charge in [0, 0.05) is 17.8 Å². The Kier molecular flexibility index (Phi) is 3.10. The van der Waals surface area contributed by atoms with Gasteiger partial charge in [0.25, 0.3) is 5.91 Å². The number of aromatic carboxylic acids is 1. The van der Waals surface area contributed by atoms with Gasteiger partial charge in [-0.15, -0.1) is 0 Å². The Hall–Kier alpha value is -2.82. The number of fused-ring (bicyclic) bond motifs is 1. The van der Waals surface area contributed by atoms with Crippen LogP contribution in [0, 0.1) is 0 Å². The molecule has 1 heterocycles. The second kappa shape index (κ2) is 4.94. The number of hydrogen-bond donors (Lipinski definition) is 2. The predicted molar refractivity (Wildman–Crippen MR) is 79.6 cm³/mol. The number of nitrogens with two attached hydrogens (primary N) is 1. The van der Waals surface area contributed by atoms with Gasteiger partial charge in [0.15, 0.2) is 0 Å². The first-order valence-electron chi connectivity index (χ1n) is 6.60. The topological polar surface area (TPSA) is 83.6 Å². The maximum Gasteiger partial charge on any atom is 0.337 e. The first kappa shape index (κ1) is 13.2. The summed E-state index contributed by atoms with van der Waals surface area (Å²) in [6.07, 6.45) is 0.700. The van der Waals surface area contributed by atoms with Crippen molar-refractivity contribution in [2.24, 2.45) is 0 Å². The van der Waals surface area contributed by atoms with Gasteiger partial charge in [-0.3, -0.25) is 4.79 Å². The van der Waals surface area contributed by atoms with E-state index in [-0.39, 0.29) is 11.5 Å². The van der Waals surface area contributed by atoms with Crippen molar-refractivity contribution in [1.29, 1.82) is 0 Å². The van der Waals surface area contributed by atoms with E-state index in [9.17, 15) is 14.7 Å². The van der Waals surface area contributed by atoms with Crippen molar-refractivity contribution in [1.82, 2.24) is 0 Å². The number of amides is 1. The first-order valence-corrected chi connectivity index (χ1v) is 6.60. The summed E-state index contributed by atoms with van der Waals surface area (Å²) in [4.78, 5) is 25.5. The van der Waals surface area contributed by atoms with Crippen LogP contribution in [0.1, 0.15) is 26.3 Å². The number of nitrogen functional groups attached to an aromatic ring is 1. The van der Waals surface area contributed by atoms with Gasteiger partial charge >= 0.3 is 5.97 Å². The quantitative estimate of drug-likeness (QED) is 0.827. The molecule has 1 aliphatic heterocycles. The van der Waals surface area contributed by atoms with Gasteiger partial charge in [0.05, 0.1) is 11.3 Å². The van der Waals surface area contributed by atoms with E-state index in [1.54, 1.807) is 24.3 Å². The zero-order valence-corrected chi connectivity index (χ0v) is 11.2. The molecule has 5 heteroatoms. The monoisotopic (exact) mass is 282 g/mol. The van der Waals surface area contributed by atoms with Crippen LogP contribution in [-0.2, 0) is 6.42 Å². The number of carbonyl (C=O) groups excluding carboxylic acids is 1. The average Bonchev–Trinajstić information content (AvgIpc) is 2.48. The zero-order chi connectivity index (χ0) is 15.0. The van der Waals surface area contributed by atoms with Crippen molar-refractivity contribution >= 4 is 23.3 Å². The molecular weight excluding hydrogens is 268 g/mol. The third-order valence-electron chi connectivity index (χ3n) is 3.64. The molecule has 0 atom stereocenters. The highest BCUT2D eigenvalue weighted by Crippen LogP contribution is 2.28. The maximum atomic E-state index is 12.6. The van der Waals surface area contributed by atoms with Crippen molar-refractivity contribution in [2.75, 3.05) is 17.2 Å². The SMILES string of the molecule is Nc1ccc(N2CCc3ccccc3C2=O)c(C(=O)O)c1. The molecule has 0 fully saturated rings. The molecule has 3 rings (SSSR count). The predicted octanol–water partition coefficient (Wildman–Crippen LogP) is 2.17. The number of nitrogens with zero attached hydrogens (tertiary/aromatic N) is 1. The van der Waals surface area contributed by atoms with Crippen molar-refractivity contribution in [3.8, 4) is 0 Å². The van der Waals surface area contributed by atoms with Crippen LogP contribution in [0.25, 0.3) is 0 Å². The summed E-state index contributed by atoms with van der Waals surface area (Å²) in [6.45, 7) is 0.458. The number of carboxylic acids is 1.